The van der Waals surface area contributed by atoms with Crippen molar-refractivity contribution in [3.63, 3.8) is 0 Å². The molecular formula is C14H22N2OS. The van der Waals surface area contributed by atoms with Gasteiger partial charge in [0.2, 0.25) is 0 Å². The van der Waals surface area contributed by atoms with Crippen LogP contribution < -0.4 is 0 Å². The topological polar surface area (TPSA) is 33.2 Å². The summed E-state index contributed by atoms with van der Waals surface area (Å²) in [6.07, 6.45) is 3.95. The number of thiazole rings is 1. The molecule has 0 spiro atoms. The highest BCUT2D eigenvalue weighted by Crippen LogP contribution is 2.32. The third kappa shape index (κ3) is 3.39. The molecule has 0 amide bonds. The van der Waals surface area contributed by atoms with Gasteiger partial charge < -0.3 is 9.69 Å². The first-order valence-electron chi connectivity index (χ1n) is 6.70. The van der Waals surface area contributed by atoms with Crippen LogP contribution in [0.15, 0.2) is 0 Å². The van der Waals surface area contributed by atoms with Gasteiger partial charge in [0.15, 0.2) is 0 Å². The van der Waals surface area contributed by atoms with Crippen LogP contribution in [0.3, 0.4) is 0 Å². The minimum absolute atomic E-state index is 0.267. The third-order valence-corrected chi connectivity index (χ3v) is 5.06. The Balaban J connectivity index is 2.01. The first-order chi connectivity index (χ1) is 8.56. The Morgan fingerprint density at radius 1 is 1.44 bits per heavy atom. The predicted octanol–water partition coefficient (Wildman–Crippen LogP) is 2.78. The zero-order valence-corrected chi connectivity index (χ0v) is 12.3. The van der Waals surface area contributed by atoms with Crippen LogP contribution in [0.1, 0.15) is 47.7 Å². The van der Waals surface area contributed by atoms with Gasteiger partial charge in [-0.15, -0.1) is 11.3 Å². The summed E-state index contributed by atoms with van der Waals surface area (Å²) in [5.41, 5.74) is 1.13. The van der Waals surface area contributed by atoms with Crippen LogP contribution >= 0.6 is 11.3 Å². The average molecular weight is 266 g/mol. The maximum atomic E-state index is 11.1. The van der Waals surface area contributed by atoms with Gasteiger partial charge in [-0.05, 0) is 53.2 Å². The van der Waals surface area contributed by atoms with E-state index in [-0.39, 0.29) is 5.78 Å². The van der Waals surface area contributed by atoms with Crippen molar-refractivity contribution in [2.75, 3.05) is 20.1 Å². The van der Waals surface area contributed by atoms with Gasteiger partial charge in [-0.3, -0.25) is 0 Å². The molecule has 1 aromatic rings. The van der Waals surface area contributed by atoms with Crippen LogP contribution in [-0.2, 0) is 11.2 Å². The monoisotopic (exact) mass is 266 g/mol. The number of aromatic nitrogens is 1. The molecule has 0 atom stereocenters. The number of carbonyl (C=O) groups excluding carboxylic acids is 1. The molecule has 18 heavy (non-hydrogen) atoms. The van der Waals surface area contributed by atoms with Crippen molar-refractivity contribution < 1.29 is 4.79 Å². The summed E-state index contributed by atoms with van der Waals surface area (Å²) >= 11 is 1.83. The van der Waals surface area contributed by atoms with Gasteiger partial charge in [-0.2, -0.15) is 0 Å². The number of aryl methyl sites for hydroxylation is 2. The van der Waals surface area contributed by atoms with Crippen molar-refractivity contribution in [1.82, 2.24) is 9.88 Å². The first kappa shape index (κ1) is 13.7. The Bertz CT molecular complexity index is 419. The molecule has 3 nitrogen and oxygen atoms in total. The highest BCUT2D eigenvalue weighted by atomic mass is 32.1. The van der Waals surface area contributed by atoms with Gasteiger partial charge in [0.05, 0.1) is 10.7 Å². The molecule has 0 radical (unpaired) electrons. The van der Waals surface area contributed by atoms with Crippen molar-refractivity contribution in [3.05, 3.63) is 15.6 Å². The van der Waals surface area contributed by atoms with Crippen molar-refractivity contribution in [2.45, 2.75) is 45.4 Å². The molecule has 1 fully saturated rings. The van der Waals surface area contributed by atoms with Crippen molar-refractivity contribution in [1.29, 1.82) is 0 Å². The van der Waals surface area contributed by atoms with Crippen molar-refractivity contribution >= 4 is 17.1 Å². The summed E-state index contributed by atoms with van der Waals surface area (Å²) in [6, 6.07) is 0. The van der Waals surface area contributed by atoms with Gasteiger partial charge >= 0.3 is 0 Å². The van der Waals surface area contributed by atoms with Crippen LogP contribution in [0.2, 0.25) is 0 Å². The Kier molecular flexibility index (Phi) is 4.51. The van der Waals surface area contributed by atoms with Gasteiger partial charge in [0.1, 0.15) is 5.78 Å². The molecule has 0 aromatic carbocycles. The molecule has 0 unspecified atom stereocenters. The molecule has 4 heteroatoms. The minimum Gasteiger partial charge on any atom is -0.306 e. The van der Waals surface area contributed by atoms with E-state index in [0.717, 1.165) is 12.1 Å². The van der Waals surface area contributed by atoms with E-state index in [1.165, 1.54) is 35.8 Å². The average Bonchev–Trinajstić information content (AvgIpc) is 2.69. The molecular weight excluding hydrogens is 244 g/mol. The third-order valence-electron chi connectivity index (χ3n) is 3.68. The highest BCUT2D eigenvalue weighted by molar-refractivity contribution is 7.11. The van der Waals surface area contributed by atoms with Gasteiger partial charge in [0.25, 0.3) is 0 Å². The lowest BCUT2D eigenvalue weighted by atomic mass is 9.98. The molecule has 1 aliphatic heterocycles. The lowest BCUT2D eigenvalue weighted by molar-refractivity contribution is -0.116. The predicted molar refractivity (Wildman–Crippen MR) is 75.3 cm³/mol. The second-order valence-corrected chi connectivity index (χ2v) is 6.46. The summed E-state index contributed by atoms with van der Waals surface area (Å²) < 4.78 is 0. The largest absolute Gasteiger partial charge is 0.306 e. The fourth-order valence-corrected chi connectivity index (χ4v) is 3.64. The SMILES string of the molecule is CC(=O)CCc1sc(C2CCN(C)CC2)nc1C. The molecule has 1 saturated heterocycles. The molecule has 100 valence electrons. The van der Waals surface area contributed by atoms with Gasteiger partial charge in [-0.25, -0.2) is 4.98 Å². The zero-order chi connectivity index (χ0) is 13.1. The second kappa shape index (κ2) is 5.93. The number of hydrogen-bond acceptors (Lipinski definition) is 4. The molecule has 1 aromatic heterocycles. The summed E-state index contributed by atoms with van der Waals surface area (Å²) in [5.74, 6) is 0.902. The number of likely N-dealkylation sites (tertiary alicyclic amines) is 1. The number of Topliss-reactive ketones (excluding diaryl/α,β-unsaturated/α-hetero) is 1. The lowest BCUT2D eigenvalue weighted by Crippen LogP contribution is -2.29. The summed E-state index contributed by atoms with van der Waals surface area (Å²) in [6.45, 7) is 6.08. The van der Waals surface area contributed by atoms with Gasteiger partial charge in [-0.1, -0.05) is 0 Å². The van der Waals surface area contributed by atoms with Crippen LogP contribution in [0.5, 0.6) is 0 Å². The van der Waals surface area contributed by atoms with Crippen LogP contribution in [-0.4, -0.2) is 35.8 Å². The number of nitrogens with zero attached hydrogens (tertiary/aromatic N) is 2. The summed E-state index contributed by atoms with van der Waals surface area (Å²) in [5, 5.41) is 1.29. The van der Waals surface area contributed by atoms with E-state index < -0.39 is 0 Å². The van der Waals surface area contributed by atoms with E-state index in [4.69, 9.17) is 4.98 Å². The molecule has 2 rings (SSSR count). The smallest absolute Gasteiger partial charge is 0.130 e. The Morgan fingerprint density at radius 3 is 2.72 bits per heavy atom. The maximum absolute atomic E-state index is 11.1. The standard InChI is InChI=1S/C14H22N2OS/c1-10(17)4-5-13-11(2)15-14(18-13)12-6-8-16(3)9-7-12/h12H,4-9H2,1-3H3. The number of piperidine rings is 1. The number of ketones is 1. The highest BCUT2D eigenvalue weighted by Gasteiger charge is 2.22. The quantitative estimate of drug-likeness (QED) is 0.840. The number of carbonyl (C=O) groups is 1. The lowest BCUT2D eigenvalue weighted by Gasteiger charge is -2.27. The van der Waals surface area contributed by atoms with E-state index in [0.29, 0.717) is 12.3 Å². The first-order valence-corrected chi connectivity index (χ1v) is 7.52. The van der Waals surface area contributed by atoms with E-state index >= 15 is 0 Å². The minimum atomic E-state index is 0.267. The molecule has 0 saturated carbocycles. The number of rotatable bonds is 4. The Hall–Kier alpha value is -0.740. The number of hydrogen-bond donors (Lipinski definition) is 0. The van der Waals surface area contributed by atoms with Crippen molar-refractivity contribution in [2.24, 2.45) is 0 Å². The van der Waals surface area contributed by atoms with E-state index in [9.17, 15) is 4.79 Å². The zero-order valence-electron chi connectivity index (χ0n) is 11.5. The summed E-state index contributed by atoms with van der Waals surface area (Å²) in [4.78, 5) is 19.5. The van der Waals surface area contributed by atoms with E-state index in [1.807, 2.05) is 11.3 Å². The fraction of sp³-hybridized carbons (Fsp3) is 0.714. The molecule has 0 N–H and O–H groups in total. The van der Waals surface area contributed by atoms with E-state index in [1.54, 1.807) is 6.92 Å². The van der Waals surface area contributed by atoms with Crippen LogP contribution in [0, 0.1) is 6.92 Å². The van der Waals surface area contributed by atoms with E-state index in [2.05, 4.69) is 18.9 Å². The molecule has 0 aliphatic carbocycles. The molecule has 0 bridgehead atoms. The summed E-state index contributed by atoms with van der Waals surface area (Å²) in [7, 11) is 2.18. The second-order valence-electron chi connectivity index (χ2n) is 5.34. The molecule has 2 heterocycles. The van der Waals surface area contributed by atoms with Crippen LogP contribution in [0.4, 0.5) is 0 Å². The van der Waals surface area contributed by atoms with Crippen molar-refractivity contribution in [3.8, 4) is 0 Å². The van der Waals surface area contributed by atoms with Gasteiger partial charge in [0, 0.05) is 17.2 Å². The van der Waals surface area contributed by atoms with Crippen LogP contribution in [0.25, 0.3) is 0 Å². The maximum Gasteiger partial charge on any atom is 0.130 e. The molecule has 1 aliphatic rings. The fourth-order valence-electron chi connectivity index (χ4n) is 2.40. The normalized spacial score (nSPS) is 18.2. The Labute approximate surface area is 113 Å². The Morgan fingerprint density at radius 2 is 2.11 bits per heavy atom.